The maximum Gasteiger partial charge on any atom is 0.209 e. The molecule has 4 nitrogen and oxygen atoms in total. The summed E-state index contributed by atoms with van der Waals surface area (Å²) in [6.07, 6.45) is -0.526. The summed E-state index contributed by atoms with van der Waals surface area (Å²) in [6.45, 7) is 3.69. The van der Waals surface area contributed by atoms with E-state index in [9.17, 15) is 4.79 Å². The molecule has 17 heavy (non-hydrogen) atoms. The Balaban J connectivity index is 2.52. The van der Waals surface area contributed by atoms with Crippen molar-refractivity contribution in [3.63, 3.8) is 0 Å². The van der Waals surface area contributed by atoms with Crippen LogP contribution in [0.5, 0.6) is 11.5 Å². The first-order valence-corrected chi connectivity index (χ1v) is 5.50. The third-order valence-electron chi connectivity index (χ3n) is 3.05. The number of methoxy groups -OCH3 is 2. The summed E-state index contributed by atoms with van der Waals surface area (Å²) < 4.78 is 16.0. The minimum absolute atomic E-state index is 0.0539. The number of aryl methyl sites for hydroxylation is 1. The Labute approximate surface area is 100 Å². The quantitative estimate of drug-likeness (QED) is 0.789. The lowest BCUT2D eigenvalue weighted by atomic mass is 9.92. The Morgan fingerprint density at radius 2 is 2.00 bits per heavy atom. The SMILES string of the molecule is COc1cc(C)c2c(c1)OC(OC)C(C)C2=O. The molecule has 0 spiro atoms. The van der Waals surface area contributed by atoms with E-state index in [1.54, 1.807) is 13.2 Å². The summed E-state index contributed by atoms with van der Waals surface area (Å²) in [7, 11) is 3.12. The van der Waals surface area contributed by atoms with Crippen LogP contribution < -0.4 is 9.47 Å². The number of rotatable bonds is 2. The zero-order chi connectivity index (χ0) is 12.6. The van der Waals surface area contributed by atoms with Crippen molar-refractivity contribution in [2.45, 2.75) is 20.1 Å². The zero-order valence-electron chi connectivity index (χ0n) is 10.4. The van der Waals surface area contributed by atoms with Crippen molar-refractivity contribution >= 4 is 5.78 Å². The predicted octanol–water partition coefficient (Wildman–Crippen LogP) is 2.19. The van der Waals surface area contributed by atoms with Crippen LogP contribution in [0.3, 0.4) is 0 Å². The van der Waals surface area contributed by atoms with Gasteiger partial charge in [-0.3, -0.25) is 4.79 Å². The molecule has 2 atom stereocenters. The molecule has 0 saturated heterocycles. The fourth-order valence-electron chi connectivity index (χ4n) is 2.08. The molecule has 1 aliphatic rings. The number of fused-ring (bicyclic) bond motifs is 1. The Bertz CT molecular complexity index is 453. The molecule has 1 aromatic rings. The average molecular weight is 236 g/mol. The van der Waals surface area contributed by atoms with Gasteiger partial charge in [0.1, 0.15) is 11.5 Å². The highest BCUT2D eigenvalue weighted by Gasteiger charge is 2.35. The number of benzene rings is 1. The van der Waals surface area contributed by atoms with Crippen LogP contribution in [0.25, 0.3) is 0 Å². The van der Waals surface area contributed by atoms with Gasteiger partial charge in [0.15, 0.2) is 5.78 Å². The van der Waals surface area contributed by atoms with E-state index in [0.29, 0.717) is 17.1 Å². The van der Waals surface area contributed by atoms with Gasteiger partial charge in [0.25, 0.3) is 0 Å². The number of carbonyl (C=O) groups excluding carboxylic acids is 1. The predicted molar refractivity (Wildman–Crippen MR) is 62.7 cm³/mol. The number of hydrogen-bond acceptors (Lipinski definition) is 4. The standard InChI is InChI=1S/C13H16O4/c1-7-5-9(15-3)6-10-11(7)12(14)8(2)13(16-4)17-10/h5-6,8,13H,1-4H3. The van der Waals surface area contributed by atoms with Crippen molar-refractivity contribution in [2.75, 3.05) is 14.2 Å². The van der Waals surface area contributed by atoms with Gasteiger partial charge in [0.05, 0.1) is 18.6 Å². The Kier molecular flexibility index (Phi) is 3.07. The fourth-order valence-corrected chi connectivity index (χ4v) is 2.08. The molecule has 0 saturated carbocycles. The third-order valence-corrected chi connectivity index (χ3v) is 3.05. The van der Waals surface area contributed by atoms with Gasteiger partial charge in [-0.2, -0.15) is 0 Å². The third kappa shape index (κ3) is 1.89. The first-order valence-electron chi connectivity index (χ1n) is 5.50. The van der Waals surface area contributed by atoms with Gasteiger partial charge in [0.2, 0.25) is 6.29 Å². The first-order chi connectivity index (χ1) is 8.08. The van der Waals surface area contributed by atoms with Crippen molar-refractivity contribution in [1.29, 1.82) is 0 Å². The van der Waals surface area contributed by atoms with Crippen LogP contribution >= 0.6 is 0 Å². The van der Waals surface area contributed by atoms with E-state index < -0.39 is 6.29 Å². The molecule has 1 aliphatic heterocycles. The number of ether oxygens (including phenoxy) is 3. The van der Waals surface area contributed by atoms with Gasteiger partial charge in [-0.1, -0.05) is 0 Å². The normalized spacial score (nSPS) is 22.9. The molecule has 0 aromatic heterocycles. The topological polar surface area (TPSA) is 44.8 Å². The van der Waals surface area contributed by atoms with E-state index in [4.69, 9.17) is 14.2 Å². The van der Waals surface area contributed by atoms with Crippen LogP contribution in [0.1, 0.15) is 22.8 Å². The minimum Gasteiger partial charge on any atom is -0.497 e. The molecule has 0 amide bonds. The van der Waals surface area contributed by atoms with Gasteiger partial charge in [0, 0.05) is 13.2 Å². The van der Waals surface area contributed by atoms with Crippen molar-refractivity contribution in [1.82, 2.24) is 0 Å². The van der Waals surface area contributed by atoms with Crippen LogP contribution in [-0.2, 0) is 4.74 Å². The first kappa shape index (κ1) is 11.9. The van der Waals surface area contributed by atoms with Crippen molar-refractivity contribution in [3.8, 4) is 11.5 Å². The molecule has 0 fully saturated rings. The van der Waals surface area contributed by atoms with Gasteiger partial charge in [-0.25, -0.2) is 0 Å². The second kappa shape index (κ2) is 4.37. The summed E-state index contributed by atoms with van der Waals surface area (Å²) >= 11 is 0. The lowest BCUT2D eigenvalue weighted by molar-refractivity contribution is -0.0841. The summed E-state index contributed by atoms with van der Waals surface area (Å²) in [6, 6.07) is 3.55. The second-order valence-corrected chi connectivity index (χ2v) is 4.19. The Hall–Kier alpha value is -1.55. The lowest BCUT2D eigenvalue weighted by Gasteiger charge is -2.30. The smallest absolute Gasteiger partial charge is 0.209 e. The van der Waals surface area contributed by atoms with Gasteiger partial charge in [-0.15, -0.1) is 0 Å². The molecule has 2 rings (SSSR count). The molecule has 92 valence electrons. The van der Waals surface area contributed by atoms with Crippen LogP contribution in [-0.4, -0.2) is 26.3 Å². The molecule has 1 aromatic carbocycles. The largest absolute Gasteiger partial charge is 0.497 e. The van der Waals surface area contributed by atoms with E-state index >= 15 is 0 Å². The van der Waals surface area contributed by atoms with E-state index in [1.807, 2.05) is 19.9 Å². The van der Waals surface area contributed by atoms with Crippen molar-refractivity contribution in [3.05, 3.63) is 23.3 Å². The van der Waals surface area contributed by atoms with Gasteiger partial charge < -0.3 is 14.2 Å². The summed E-state index contributed by atoms with van der Waals surface area (Å²) in [4.78, 5) is 12.2. The molecular formula is C13H16O4. The highest BCUT2D eigenvalue weighted by molar-refractivity contribution is 6.02. The number of hydrogen-bond donors (Lipinski definition) is 0. The van der Waals surface area contributed by atoms with Crippen molar-refractivity contribution < 1.29 is 19.0 Å². The highest BCUT2D eigenvalue weighted by atomic mass is 16.7. The number of carbonyl (C=O) groups is 1. The fraction of sp³-hybridized carbons (Fsp3) is 0.462. The highest BCUT2D eigenvalue weighted by Crippen LogP contribution is 2.36. The van der Waals surface area contributed by atoms with E-state index in [1.165, 1.54) is 7.11 Å². The maximum atomic E-state index is 12.2. The molecule has 2 unspecified atom stereocenters. The zero-order valence-corrected chi connectivity index (χ0v) is 10.4. The van der Waals surface area contributed by atoms with Crippen LogP contribution in [0, 0.1) is 12.8 Å². The van der Waals surface area contributed by atoms with Crippen molar-refractivity contribution in [2.24, 2.45) is 5.92 Å². The Morgan fingerprint density at radius 1 is 1.29 bits per heavy atom. The van der Waals surface area contributed by atoms with Crippen LogP contribution in [0.2, 0.25) is 0 Å². The molecule has 4 heteroatoms. The average Bonchev–Trinajstić information content (AvgIpc) is 2.32. The minimum atomic E-state index is -0.526. The van der Waals surface area contributed by atoms with Gasteiger partial charge >= 0.3 is 0 Å². The molecule has 0 radical (unpaired) electrons. The molecule has 1 heterocycles. The Morgan fingerprint density at radius 3 is 2.59 bits per heavy atom. The molecule has 0 bridgehead atoms. The molecular weight excluding hydrogens is 220 g/mol. The van der Waals surface area contributed by atoms with E-state index in [2.05, 4.69) is 0 Å². The maximum absolute atomic E-state index is 12.2. The molecule has 0 N–H and O–H groups in total. The van der Waals surface area contributed by atoms with E-state index in [-0.39, 0.29) is 11.7 Å². The van der Waals surface area contributed by atoms with Crippen LogP contribution in [0.15, 0.2) is 12.1 Å². The second-order valence-electron chi connectivity index (χ2n) is 4.19. The number of Topliss-reactive ketones (excluding diaryl/α,β-unsaturated/α-hetero) is 1. The summed E-state index contributed by atoms with van der Waals surface area (Å²) in [5, 5.41) is 0. The monoisotopic (exact) mass is 236 g/mol. The van der Waals surface area contributed by atoms with E-state index in [0.717, 1.165) is 5.56 Å². The van der Waals surface area contributed by atoms with Gasteiger partial charge in [-0.05, 0) is 25.5 Å². The number of ketones is 1. The summed E-state index contributed by atoms with van der Waals surface area (Å²) in [5.41, 5.74) is 1.50. The van der Waals surface area contributed by atoms with Crippen LogP contribution in [0.4, 0.5) is 0 Å². The molecule has 0 aliphatic carbocycles. The summed E-state index contributed by atoms with van der Waals surface area (Å²) in [5.74, 6) is 0.980. The lowest BCUT2D eigenvalue weighted by Crippen LogP contribution is -2.37.